The number of fused-ring (bicyclic) bond motifs is 1. The molecule has 0 atom stereocenters. The molecule has 1 amide bonds. The van der Waals surface area contributed by atoms with E-state index in [1.165, 1.54) is 0 Å². The van der Waals surface area contributed by atoms with E-state index in [1.54, 1.807) is 16.8 Å². The summed E-state index contributed by atoms with van der Waals surface area (Å²) in [4.78, 5) is 17.0. The lowest BCUT2D eigenvalue weighted by Gasteiger charge is -2.20. The molecular formula is C19H18Br2N4O2. The second-order valence-electron chi connectivity index (χ2n) is 6.79. The number of rotatable bonds is 3. The molecule has 0 saturated heterocycles. The summed E-state index contributed by atoms with van der Waals surface area (Å²) in [7, 11) is 0. The molecule has 0 fully saturated rings. The molecule has 0 aliphatic rings. The van der Waals surface area contributed by atoms with Gasteiger partial charge in [0.1, 0.15) is 11.4 Å². The van der Waals surface area contributed by atoms with Gasteiger partial charge in [0.2, 0.25) is 0 Å². The van der Waals surface area contributed by atoms with Crippen LogP contribution in [0.15, 0.2) is 46.0 Å². The first-order chi connectivity index (χ1) is 12.7. The zero-order valence-corrected chi connectivity index (χ0v) is 18.2. The summed E-state index contributed by atoms with van der Waals surface area (Å²) >= 11 is 6.72. The number of nitrogens with one attached hydrogen (secondary N) is 1. The quantitative estimate of drug-likeness (QED) is 0.498. The van der Waals surface area contributed by atoms with Crippen molar-refractivity contribution in [3.8, 4) is 11.3 Å². The summed E-state index contributed by atoms with van der Waals surface area (Å²) in [5.74, 6) is 0.471. The van der Waals surface area contributed by atoms with E-state index in [0.717, 1.165) is 20.2 Å². The van der Waals surface area contributed by atoms with Gasteiger partial charge in [-0.25, -0.2) is 9.78 Å². The lowest BCUT2D eigenvalue weighted by molar-refractivity contribution is 0.0635. The predicted molar refractivity (Wildman–Crippen MR) is 114 cm³/mol. The standard InChI is InChI=1S/C19H18Br2N4O2/c1-19(2,3)27-18(26)24-16-10-14(12-7-5-4-6-8-12)23-17-13(9-15(20)21)11-22-25(16)17/h4-11H,1-3H3,(H,24,26). The number of hydrogen-bond donors (Lipinski definition) is 1. The van der Waals surface area contributed by atoms with Crippen LogP contribution in [0, 0.1) is 0 Å². The minimum absolute atomic E-state index is 0.471. The minimum Gasteiger partial charge on any atom is -0.444 e. The van der Waals surface area contributed by atoms with Crippen molar-refractivity contribution in [1.82, 2.24) is 14.6 Å². The molecule has 1 aromatic carbocycles. The van der Waals surface area contributed by atoms with E-state index in [4.69, 9.17) is 9.72 Å². The number of benzene rings is 1. The molecule has 1 N–H and O–H groups in total. The van der Waals surface area contributed by atoms with Gasteiger partial charge >= 0.3 is 6.09 Å². The van der Waals surface area contributed by atoms with Gasteiger partial charge in [-0.1, -0.05) is 30.3 Å². The molecule has 3 rings (SSSR count). The van der Waals surface area contributed by atoms with E-state index in [2.05, 4.69) is 42.3 Å². The number of carbonyl (C=O) groups is 1. The van der Waals surface area contributed by atoms with Gasteiger partial charge in [-0.15, -0.1) is 0 Å². The minimum atomic E-state index is -0.600. The Morgan fingerprint density at radius 2 is 1.93 bits per heavy atom. The highest BCUT2D eigenvalue weighted by Crippen LogP contribution is 2.26. The molecular weight excluding hydrogens is 476 g/mol. The molecule has 0 aliphatic carbocycles. The molecule has 2 heterocycles. The van der Waals surface area contributed by atoms with Crippen LogP contribution < -0.4 is 5.32 Å². The third-order valence-electron chi connectivity index (χ3n) is 3.46. The molecule has 0 unspecified atom stereocenters. The maximum Gasteiger partial charge on any atom is 0.413 e. The van der Waals surface area contributed by atoms with E-state index in [-0.39, 0.29) is 0 Å². The van der Waals surface area contributed by atoms with Gasteiger partial charge in [0.05, 0.1) is 15.3 Å². The van der Waals surface area contributed by atoms with Crippen LogP contribution >= 0.6 is 31.9 Å². The maximum atomic E-state index is 12.3. The number of amides is 1. The van der Waals surface area contributed by atoms with Gasteiger partial charge < -0.3 is 4.74 Å². The monoisotopic (exact) mass is 492 g/mol. The highest BCUT2D eigenvalue weighted by Gasteiger charge is 2.19. The highest BCUT2D eigenvalue weighted by molar-refractivity contribution is 9.28. The van der Waals surface area contributed by atoms with Crippen LogP contribution in [0.4, 0.5) is 10.6 Å². The van der Waals surface area contributed by atoms with Crippen LogP contribution in [0.5, 0.6) is 0 Å². The highest BCUT2D eigenvalue weighted by atomic mass is 79.9. The Labute approximate surface area is 173 Å². The van der Waals surface area contributed by atoms with Crippen molar-refractivity contribution in [1.29, 1.82) is 0 Å². The second-order valence-corrected chi connectivity index (χ2v) is 9.56. The van der Waals surface area contributed by atoms with Crippen LogP contribution in [0.1, 0.15) is 26.3 Å². The lowest BCUT2D eigenvalue weighted by Crippen LogP contribution is -2.28. The number of halogens is 2. The fraction of sp³-hybridized carbons (Fsp3) is 0.211. The van der Waals surface area contributed by atoms with E-state index in [9.17, 15) is 4.79 Å². The molecule has 0 aliphatic heterocycles. The predicted octanol–water partition coefficient (Wildman–Crippen LogP) is 5.83. The molecule has 8 heteroatoms. The summed E-state index contributed by atoms with van der Waals surface area (Å²) in [6.07, 6.45) is 2.98. The lowest BCUT2D eigenvalue weighted by atomic mass is 10.1. The summed E-state index contributed by atoms with van der Waals surface area (Å²) in [5.41, 5.74) is 2.45. The zero-order valence-electron chi connectivity index (χ0n) is 15.0. The molecule has 0 radical (unpaired) electrons. The first-order valence-electron chi connectivity index (χ1n) is 8.20. The van der Waals surface area contributed by atoms with E-state index in [0.29, 0.717) is 11.5 Å². The summed E-state index contributed by atoms with van der Waals surface area (Å²) in [6.45, 7) is 5.44. The third-order valence-corrected chi connectivity index (χ3v) is 3.92. The van der Waals surface area contributed by atoms with E-state index in [1.807, 2.05) is 57.2 Å². The van der Waals surface area contributed by atoms with Crippen molar-refractivity contribution < 1.29 is 9.53 Å². The summed E-state index contributed by atoms with van der Waals surface area (Å²) in [5, 5.41) is 7.13. The first kappa shape index (κ1) is 19.6. The molecule has 0 bridgehead atoms. The summed E-state index contributed by atoms with van der Waals surface area (Å²) < 4.78 is 7.71. The Bertz CT molecular complexity index is 1000. The van der Waals surface area contributed by atoms with Gasteiger partial charge in [-0.3, -0.25) is 5.32 Å². The molecule has 140 valence electrons. The maximum absolute atomic E-state index is 12.3. The number of anilines is 1. The Balaban J connectivity index is 2.12. The molecule has 2 aromatic heterocycles. The van der Waals surface area contributed by atoms with Crippen LogP contribution in [0.25, 0.3) is 23.0 Å². The van der Waals surface area contributed by atoms with Crippen LogP contribution in [-0.4, -0.2) is 26.3 Å². The molecule has 6 nitrogen and oxygen atoms in total. The van der Waals surface area contributed by atoms with Crippen molar-refractivity contribution in [2.24, 2.45) is 0 Å². The molecule has 3 aromatic rings. The number of aromatic nitrogens is 3. The van der Waals surface area contributed by atoms with Crippen LogP contribution in [-0.2, 0) is 4.74 Å². The fourth-order valence-electron chi connectivity index (χ4n) is 2.45. The van der Waals surface area contributed by atoms with Gasteiger partial charge in [0.25, 0.3) is 0 Å². The summed E-state index contributed by atoms with van der Waals surface area (Å²) in [6, 6.07) is 11.5. The Kier molecular flexibility index (Phi) is 5.67. The van der Waals surface area contributed by atoms with Crippen LogP contribution in [0.2, 0.25) is 0 Å². The van der Waals surface area contributed by atoms with Gasteiger partial charge in [0, 0.05) is 17.2 Å². The molecule has 0 spiro atoms. The zero-order chi connectivity index (χ0) is 19.6. The third kappa shape index (κ3) is 4.95. The molecule has 0 saturated carbocycles. The average molecular weight is 494 g/mol. The number of nitrogens with zero attached hydrogens (tertiary/aromatic N) is 3. The first-order valence-corrected chi connectivity index (χ1v) is 9.78. The van der Waals surface area contributed by atoms with E-state index < -0.39 is 11.7 Å². The average Bonchev–Trinajstić information content (AvgIpc) is 2.96. The normalized spacial score (nSPS) is 11.3. The van der Waals surface area contributed by atoms with Crippen molar-refractivity contribution in [3.05, 3.63) is 51.6 Å². The topological polar surface area (TPSA) is 68.5 Å². The molecule has 27 heavy (non-hydrogen) atoms. The Morgan fingerprint density at radius 1 is 1.22 bits per heavy atom. The number of ether oxygens (including phenoxy) is 1. The number of hydrogen-bond acceptors (Lipinski definition) is 4. The fourth-order valence-corrected chi connectivity index (χ4v) is 2.95. The van der Waals surface area contributed by atoms with Crippen molar-refractivity contribution >= 4 is 55.5 Å². The Hall–Kier alpha value is -2.19. The smallest absolute Gasteiger partial charge is 0.413 e. The van der Waals surface area contributed by atoms with Crippen molar-refractivity contribution in [2.45, 2.75) is 26.4 Å². The van der Waals surface area contributed by atoms with Crippen molar-refractivity contribution in [3.63, 3.8) is 0 Å². The largest absolute Gasteiger partial charge is 0.444 e. The van der Waals surface area contributed by atoms with Crippen LogP contribution in [0.3, 0.4) is 0 Å². The second kappa shape index (κ2) is 7.82. The van der Waals surface area contributed by atoms with Gasteiger partial charge in [-0.05, 0) is 58.7 Å². The Morgan fingerprint density at radius 3 is 2.56 bits per heavy atom. The SMILES string of the molecule is CC(C)(C)OC(=O)Nc1cc(-c2ccccc2)nc2c(C=C(Br)Br)cnn12. The van der Waals surface area contributed by atoms with Gasteiger partial charge in [0.15, 0.2) is 5.65 Å². The van der Waals surface area contributed by atoms with E-state index >= 15 is 0 Å². The number of carbonyl (C=O) groups excluding carboxylic acids is 1. The van der Waals surface area contributed by atoms with Crippen molar-refractivity contribution in [2.75, 3.05) is 5.32 Å². The van der Waals surface area contributed by atoms with Gasteiger partial charge in [-0.2, -0.15) is 9.61 Å².